The molecule has 1 atom stereocenters. The molecule has 28 heavy (non-hydrogen) atoms. The first-order valence-corrected chi connectivity index (χ1v) is 9.71. The van der Waals surface area contributed by atoms with Crippen LogP contribution in [0.2, 0.25) is 0 Å². The van der Waals surface area contributed by atoms with E-state index in [-0.39, 0.29) is 5.91 Å². The van der Waals surface area contributed by atoms with Crippen molar-refractivity contribution in [2.45, 2.75) is 19.0 Å². The molecule has 0 fully saturated rings. The van der Waals surface area contributed by atoms with Gasteiger partial charge in [0.1, 0.15) is 17.4 Å². The predicted molar refractivity (Wildman–Crippen MR) is 106 cm³/mol. The highest BCUT2D eigenvalue weighted by Gasteiger charge is 2.22. The van der Waals surface area contributed by atoms with Crippen molar-refractivity contribution in [3.8, 4) is 10.6 Å². The Morgan fingerprint density at radius 3 is 2.54 bits per heavy atom. The lowest BCUT2D eigenvalue weighted by atomic mass is 10.1. The molecule has 140 valence electrons. The van der Waals surface area contributed by atoms with Gasteiger partial charge in [-0.15, -0.1) is 16.4 Å². The number of hydrogen-bond donors (Lipinski definition) is 1. The van der Waals surface area contributed by atoms with E-state index in [0.29, 0.717) is 13.0 Å². The highest BCUT2D eigenvalue weighted by molar-refractivity contribution is 7.13. The maximum Gasteiger partial charge on any atom is 0.245 e. The third-order valence-corrected chi connectivity index (χ3v) is 5.22. The molecule has 1 amide bonds. The van der Waals surface area contributed by atoms with Gasteiger partial charge in [-0.1, -0.05) is 60.7 Å². The van der Waals surface area contributed by atoms with Gasteiger partial charge in [-0.2, -0.15) is 0 Å². The Morgan fingerprint density at radius 2 is 1.82 bits per heavy atom. The first kappa shape index (κ1) is 18.0. The molecule has 0 saturated carbocycles. The van der Waals surface area contributed by atoms with Crippen LogP contribution >= 0.6 is 11.3 Å². The molecule has 2 aromatic heterocycles. The number of carbonyl (C=O) groups is 1. The standard InChI is InChI=1S/C20H18N6OS/c27-19(18(26-14-22-24-25-26)11-15-7-3-1-4-8-15)21-12-17-13-28-20(23-17)16-9-5-2-6-10-16/h1-10,13-14,18H,11-12H2,(H,21,27)/t18-/m0/s1. The fraction of sp³-hybridized carbons (Fsp3) is 0.150. The number of aromatic nitrogens is 5. The minimum absolute atomic E-state index is 0.148. The summed E-state index contributed by atoms with van der Waals surface area (Å²) in [5, 5.41) is 17.1. The molecule has 4 aromatic rings. The van der Waals surface area contributed by atoms with Crippen LogP contribution in [-0.2, 0) is 17.8 Å². The van der Waals surface area contributed by atoms with Gasteiger partial charge in [0, 0.05) is 17.4 Å². The molecule has 8 heteroatoms. The Labute approximate surface area is 166 Å². The van der Waals surface area contributed by atoms with Crippen molar-refractivity contribution in [1.29, 1.82) is 0 Å². The predicted octanol–water partition coefficient (Wildman–Crippen LogP) is 2.90. The Bertz CT molecular complexity index is 1020. The summed E-state index contributed by atoms with van der Waals surface area (Å²) in [4.78, 5) is 17.5. The molecule has 4 rings (SSSR count). The molecule has 0 spiro atoms. The van der Waals surface area contributed by atoms with E-state index < -0.39 is 6.04 Å². The maximum absolute atomic E-state index is 12.8. The number of nitrogens with zero attached hydrogens (tertiary/aromatic N) is 5. The zero-order valence-electron chi connectivity index (χ0n) is 15.0. The van der Waals surface area contributed by atoms with E-state index in [1.807, 2.05) is 66.0 Å². The van der Waals surface area contributed by atoms with Crippen molar-refractivity contribution in [3.63, 3.8) is 0 Å². The minimum Gasteiger partial charge on any atom is -0.349 e. The van der Waals surface area contributed by atoms with E-state index in [9.17, 15) is 4.79 Å². The summed E-state index contributed by atoms with van der Waals surface area (Å²) in [7, 11) is 0. The molecular formula is C20H18N6OS. The summed E-state index contributed by atoms with van der Waals surface area (Å²) in [5.74, 6) is -0.148. The van der Waals surface area contributed by atoms with Gasteiger partial charge in [-0.3, -0.25) is 4.79 Å². The van der Waals surface area contributed by atoms with Gasteiger partial charge < -0.3 is 5.32 Å². The number of amides is 1. The lowest BCUT2D eigenvalue weighted by Gasteiger charge is -2.16. The van der Waals surface area contributed by atoms with Crippen LogP contribution < -0.4 is 5.32 Å². The van der Waals surface area contributed by atoms with Crippen molar-refractivity contribution in [2.24, 2.45) is 0 Å². The van der Waals surface area contributed by atoms with Crippen molar-refractivity contribution in [1.82, 2.24) is 30.5 Å². The van der Waals surface area contributed by atoms with E-state index in [0.717, 1.165) is 21.8 Å². The van der Waals surface area contributed by atoms with Gasteiger partial charge in [0.25, 0.3) is 0 Å². The second-order valence-electron chi connectivity index (χ2n) is 6.22. The van der Waals surface area contributed by atoms with Gasteiger partial charge in [0.05, 0.1) is 12.2 Å². The van der Waals surface area contributed by atoms with E-state index in [1.54, 1.807) is 11.3 Å². The molecule has 0 aliphatic heterocycles. The normalized spacial score (nSPS) is 11.9. The molecule has 0 aliphatic carbocycles. The Morgan fingerprint density at radius 1 is 1.07 bits per heavy atom. The van der Waals surface area contributed by atoms with Crippen LogP contribution in [0.1, 0.15) is 17.3 Å². The van der Waals surface area contributed by atoms with Crippen LogP contribution in [0.4, 0.5) is 0 Å². The highest BCUT2D eigenvalue weighted by atomic mass is 32.1. The smallest absolute Gasteiger partial charge is 0.245 e. The highest BCUT2D eigenvalue weighted by Crippen LogP contribution is 2.23. The van der Waals surface area contributed by atoms with Crippen LogP contribution in [0.25, 0.3) is 10.6 Å². The van der Waals surface area contributed by atoms with Gasteiger partial charge in [-0.05, 0) is 16.0 Å². The molecular weight excluding hydrogens is 372 g/mol. The number of rotatable bonds is 7. The summed E-state index contributed by atoms with van der Waals surface area (Å²) in [6, 6.07) is 19.3. The van der Waals surface area contributed by atoms with Gasteiger partial charge in [-0.25, -0.2) is 9.67 Å². The van der Waals surface area contributed by atoms with E-state index >= 15 is 0 Å². The zero-order valence-corrected chi connectivity index (χ0v) is 15.8. The Hall–Kier alpha value is -3.39. The molecule has 0 unspecified atom stereocenters. The topological polar surface area (TPSA) is 85.6 Å². The summed E-state index contributed by atoms with van der Waals surface area (Å²) in [5.41, 5.74) is 2.94. The van der Waals surface area contributed by atoms with E-state index in [2.05, 4.69) is 25.8 Å². The number of benzene rings is 2. The van der Waals surface area contributed by atoms with Gasteiger partial charge in [0.15, 0.2) is 0 Å². The van der Waals surface area contributed by atoms with Crippen LogP contribution in [0.3, 0.4) is 0 Å². The summed E-state index contributed by atoms with van der Waals surface area (Å²) in [6.07, 6.45) is 1.97. The van der Waals surface area contributed by atoms with Crippen LogP contribution in [0, 0.1) is 0 Å². The van der Waals surface area contributed by atoms with Crippen LogP contribution in [0.5, 0.6) is 0 Å². The average Bonchev–Trinajstić information content (AvgIpc) is 3.44. The van der Waals surface area contributed by atoms with Gasteiger partial charge in [0.2, 0.25) is 5.91 Å². The largest absolute Gasteiger partial charge is 0.349 e. The first-order chi connectivity index (χ1) is 13.8. The Kier molecular flexibility index (Phi) is 5.48. The molecule has 7 nitrogen and oxygen atoms in total. The lowest BCUT2D eigenvalue weighted by Crippen LogP contribution is -2.34. The summed E-state index contributed by atoms with van der Waals surface area (Å²) in [6.45, 7) is 0.357. The SMILES string of the molecule is O=C(NCc1csc(-c2ccccc2)n1)[C@H](Cc1ccccc1)n1cnnn1. The molecule has 0 bridgehead atoms. The zero-order chi connectivity index (χ0) is 19.2. The Balaban J connectivity index is 1.44. The molecule has 0 aliphatic rings. The van der Waals surface area contributed by atoms with E-state index in [4.69, 9.17) is 0 Å². The van der Waals surface area contributed by atoms with Crippen molar-refractivity contribution in [3.05, 3.63) is 83.6 Å². The molecule has 2 heterocycles. The van der Waals surface area contributed by atoms with Crippen molar-refractivity contribution >= 4 is 17.2 Å². The third-order valence-electron chi connectivity index (χ3n) is 4.27. The first-order valence-electron chi connectivity index (χ1n) is 8.83. The second kappa shape index (κ2) is 8.53. The fourth-order valence-electron chi connectivity index (χ4n) is 2.85. The maximum atomic E-state index is 12.8. The quantitative estimate of drug-likeness (QED) is 0.524. The number of nitrogens with one attached hydrogen (secondary N) is 1. The number of hydrogen-bond acceptors (Lipinski definition) is 6. The minimum atomic E-state index is -0.523. The number of carbonyl (C=O) groups excluding carboxylic acids is 1. The second-order valence-corrected chi connectivity index (χ2v) is 7.08. The average molecular weight is 390 g/mol. The summed E-state index contributed by atoms with van der Waals surface area (Å²) >= 11 is 1.56. The number of thiazole rings is 1. The number of tetrazole rings is 1. The van der Waals surface area contributed by atoms with Crippen molar-refractivity contribution < 1.29 is 4.79 Å². The summed E-state index contributed by atoms with van der Waals surface area (Å²) < 4.78 is 1.48. The third kappa shape index (κ3) is 4.29. The monoisotopic (exact) mass is 390 g/mol. The molecule has 0 radical (unpaired) electrons. The lowest BCUT2D eigenvalue weighted by molar-refractivity contribution is -0.124. The van der Waals surface area contributed by atoms with Gasteiger partial charge >= 0.3 is 0 Å². The molecule has 0 saturated heterocycles. The molecule has 1 N–H and O–H groups in total. The molecule has 2 aromatic carbocycles. The van der Waals surface area contributed by atoms with Crippen LogP contribution in [0.15, 0.2) is 72.4 Å². The van der Waals surface area contributed by atoms with Crippen LogP contribution in [-0.4, -0.2) is 31.1 Å². The van der Waals surface area contributed by atoms with Crippen molar-refractivity contribution in [2.75, 3.05) is 0 Å². The fourth-order valence-corrected chi connectivity index (χ4v) is 3.68. The van der Waals surface area contributed by atoms with E-state index in [1.165, 1.54) is 11.0 Å².